The normalized spacial score (nSPS) is 18.7. The van der Waals surface area contributed by atoms with Gasteiger partial charge in [-0.05, 0) is 49.6 Å². The Morgan fingerprint density at radius 1 is 1.33 bits per heavy atom. The molecule has 1 aromatic carbocycles. The van der Waals surface area contributed by atoms with Crippen molar-refractivity contribution < 1.29 is 4.39 Å². The van der Waals surface area contributed by atoms with Crippen LogP contribution in [0.5, 0.6) is 0 Å². The molecule has 1 fully saturated rings. The third kappa shape index (κ3) is 2.72. The highest BCUT2D eigenvalue weighted by Crippen LogP contribution is 2.22. The minimum absolute atomic E-state index is 0.181. The molecule has 3 heteroatoms. The maximum absolute atomic E-state index is 13.0. The molecule has 1 unspecified atom stereocenters. The molecule has 2 aromatic rings. The standard InChI is InChI=1S/C13H15FN2.C2H6/c14-10-3-4-12-9(8-16-13(12)7-10)6-11-2-1-5-15-11;1-2/h3-4,7-8,11,15-16H,1-2,5-6H2;1-2H3. The van der Waals surface area contributed by atoms with Gasteiger partial charge < -0.3 is 10.3 Å². The maximum atomic E-state index is 13.0. The first-order valence-corrected chi connectivity index (χ1v) is 6.82. The molecule has 0 aliphatic carbocycles. The van der Waals surface area contributed by atoms with E-state index >= 15 is 0 Å². The highest BCUT2D eigenvalue weighted by atomic mass is 19.1. The molecule has 98 valence electrons. The van der Waals surface area contributed by atoms with E-state index in [0.29, 0.717) is 6.04 Å². The Kier molecular flexibility index (Phi) is 4.37. The van der Waals surface area contributed by atoms with Gasteiger partial charge in [-0.1, -0.05) is 13.8 Å². The van der Waals surface area contributed by atoms with Crippen molar-refractivity contribution >= 4 is 10.9 Å². The molecule has 1 atom stereocenters. The van der Waals surface area contributed by atoms with E-state index in [1.165, 1.54) is 24.5 Å². The summed E-state index contributed by atoms with van der Waals surface area (Å²) in [4.78, 5) is 3.14. The lowest BCUT2D eigenvalue weighted by Gasteiger charge is -2.08. The monoisotopic (exact) mass is 248 g/mol. The van der Waals surface area contributed by atoms with Crippen LogP contribution < -0.4 is 5.32 Å². The van der Waals surface area contributed by atoms with E-state index in [2.05, 4.69) is 10.3 Å². The van der Waals surface area contributed by atoms with Crippen LogP contribution in [-0.4, -0.2) is 17.6 Å². The second-order valence-corrected chi connectivity index (χ2v) is 4.50. The van der Waals surface area contributed by atoms with Gasteiger partial charge in [0.1, 0.15) is 5.82 Å². The van der Waals surface area contributed by atoms with Crippen LogP contribution in [0.1, 0.15) is 32.3 Å². The molecule has 0 saturated carbocycles. The van der Waals surface area contributed by atoms with Crippen LogP contribution in [0.15, 0.2) is 24.4 Å². The van der Waals surface area contributed by atoms with E-state index in [1.807, 2.05) is 26.1 Å². The largest absolute Gasteiger partial charge is 0.361 e. The van der Waals surface area contributed by atoms with Gasteiger partial charge in [-0.2, -0.15) is 0 Å². The van der Waals surface area contributed by atoms with Gasteiger partial charge in [-0.3, -0.25) is 0 Å². The van der Waals surface area contributed by atoms with Gasteiger partial charge in [-0.25, -0.2) is 4.39 Å². The Morgan fingerprint density at radius 3 is 2.89 bits per heavy atom. The van der Waals surface area contributed by atoms with E-state index in [0.717, 1.165) is 23.9 Å². The summed E-state index contributed by atoms with van der Waals surface area (Å²) in [5.41, 5.74) is 2.18. The summed E-state index contributed by atoms with van der Waals surface area (Å²) < 4.78 is 13.0. The molecule has 18 heavy (non-hydrogen) atoms. The number of H-pyrrole nitrogens is 1. The number of benzene rings is 1. The molecule has 1 aromatic heterocycles. The number of aromatic amines is 1. The molecule has 1 aliphatic heterocycles. The third-order valence-electron chi connectivity index (χ3n) is 3.36. The fraction of sp³-hybridized carbons (Fsp3) is 0.467. The van der Waals surface area contributed by atoms with Crippen molar-refractivity contribution in [2.45, 2.75) is 39.2 Å². The summed E-state index contributed by atoms with van der Waals surface area (Å²) in [5.74, 6) is -0.181. The highest BCUT2D eigenvalue weighted by Gasteiger charge is 2.16. The molecule has 2 N–H and O–H groups in total. The molecule has 2 nitrogen and oxygen atoms in total. The van der Waals surface area contributed by atoms with Crippen molar-refractivity contribution in [3.8, 4) is 0 Å². The predicted molar refractivity (Wildman–Crippen MR) is 74.3 cm³/mol. The van der Waals surface area contributed by atoms with E-state index in [1.54, 1.807) is 6.07 Å². The van der Waals surface area contributed by atoms with Crippen LogP contribution in [0.4, 0.5) is 4.39 Å². The number of hydrogen-bond acceptors (Lipinski definition) is 1. The van der Waals surface area contributed by atoms with E-state index in [4.69, 9.17) is 0 Å². The molecule has 1 saturated heterocycles. The minimum atomic E-state index is -0.181. The Bertz CT molecular complexity index is 498. The number of halogens is 1. The van der Waals surface area contributed by atoms with Gasteiger partial charge in [0.25, 0.3) is 0 Å². The lowest BCUT2D eigenvalue weighted by molar-refractivity contribution is 0.605. The highest BCUT2D eigenvalue weighted by molar-refractivity contribution is 5.83. The molecule has 3 rings (SSSR count). The van der Waals surface area contributed by atoms with E-state index < -0.39 is 0 Å². The van der Waals surface area contributed by atoms with Gasteiger partial charge in [0.05, 0.1) is 0 Å². The van der Waals surface area contributed by atoms with Crippen LogP contribution in [0.2, 0.25) is 0 Å². The maximum Gasteiger partial charge on any atom is 0.125 e. The summed E-state index contributed by atoms with van der Waals surface area (Å²) in [6.07, 6.45) is 5.55. The Labute approximate surface area is 108 Å². The fourth-order valence-electron chi connectivity index (χ4n) is 2.52. The zero-order valence-corrected chi connectivity index (χ0v) is 11.1. The summed E-state index contributed by atoms with van der Waals surface area (Å²) >= 11 is 0. The zero-order chi connectivity index (χ0) is 13.0. The first-order valence-electron chi connectivity index (χ1n) is 6.82. The van der Waals surface area contributed by atoms with Gasteiger partial charge in [0.15, 0.2) is 0 Å². The summed E-state index contributed by atoms with van der Waals surface area (Å²) in [5, 5.41) is 4.63. The first-order chi connectivity index (χ1) is 8.83. The Balaban J connectivity index is 0.000000574. The number of fused-ring (bicyclic) bond motifs is 1. The Morgan fingerprint density at radius 2 is 2.17 bits per heavy atom. The van der Waals surface area contributed by atoms with Crippen molar-refractivity contribution in [3.63, 3.8) is 0 Å². The van der Waals surface area contributed by atoms with Gasteiger partial charge >= 0.3 is 0 Å². The summed E-state index contributed by atoms with van der Waals surface area (Å²) in [6.45, 7) is 5.13. The summed E-state index contributed by atoms with van der Waals surface area (Å²) in [7, 11) is 0. The number of aromatic nitrogens is 1. The third-order valence-corrected chi connectivity index (χ3v) is 3.36. The average Bonchev–Trinajstić information content (AvgIpc) is 3.02. The molecule has 2 heterocycles. The second-order valence-electron chi connectivity index (χ2n) is 4.50. The van der Waals surface area contributed by atoms with Crippen molar-refractivity contribution in [1.82, 2.24) is 10.3 Å². The van der Waals surface area contributed by atoms with Gasteiger partial charge in [-0.15, -0.1) is 0 Å². The topological polar surface area (TPSA) is 27.8 Å². The molecular weight excluding hydrogens is 227 g/mol. The molecule has 0 spiro atoms. The van der Waals surface area contributed by atoms with Gasteiger partial charge in [0.2, 0.25) is 0 Å². The first kappa shape index (κ1) is 13.1. The fourth-order valence-corrected chi connectivity index (χ4v) is 2.52. The van der Waals surface area contributed by atoms with Crippen molar-refractivity contribution in [2.24, 2.45) is 0 Å². The van der Waals surface area contributed by atoms with Crippen LogP contribution in [0.25, 0.3) is 10.9 Å². The van der Waals surface area contributed by atoms with Crippen LogP contribution in [0, 0.1) is 5.82 Å². The van der Waals surface area contributed by atoms with Crippen molar-refractivity contribution in [2.75, 3.05) is 6.54 Å². The van der Waals surface area contributed by atoms with Crippen LogP contribution in [0.3, 0.4) is 0 Å². The van der Waals surface area contributed by atoms with E-state index in [-0.39, 0.29) is 5.82 Å². The average molecular weight is 248 g/mol. The second kappa shape index (κ2) is 6.01. The number of rotatable bonds is 2. The van der Waals surface area contributed by atoms with Crippen molar-refractivity contribution in [1.29, 1.82) is 0 Å². The van der Waals surface area contributed by atoms with Crippen molar-refractivity contribution in [3.05, 3.63) is 35.8 Å². The zero-order valence-electron chi connectivity index (χ0n) is 11.1. The number of hydrogen-bond donors (Lipinski definition) is 2. The molecule has 0 bridgehead atoms. The predicted octanol–water partition coefficient (Wildman–Crippen LogP) is 3.63. The summed E-state index contributed by atoms with van der Waals surface area (Å²) in [6, 6.07) is 5.54. The molecule has 0 radical (unpaired) electrons. The van der Waals surface area contributed by atoms with E-state index in [9.17, 15) is 4.39 Å². The van der Waals surface area contributed by atoms with Gasteiger partial charge in [0, 0.05) is 23.1 Å². The van der Waals surface area contributed by atoms with Crippen LogP contribution >= 0.6 is 0 Å². The lowest BCUT2D eigenvalue weighted by atomic mass is 10.0. The smallest absolute Gasteiger partial charge is 0.125 e. The molecular formula is C15H21FN2. The SMILES string of the molecule is CC.Fc1ccc2c(CC3CCCN3)c[nH]c2c1. The molecule has 0 amide bonds. The lowest BCUT2D eigenvalue weighted by Crippen LogP contribution is -2.23. The number of nitrogens with one attached hydrogen (secondary N) is 2. The Hall–Kier alpha value is -1.35. The minimum Gasteiger partial charge on any atom is -0.361 e. The van der Waals surface area contributed by atoms with Crippen LogP contribution in [-0.2, 0) is 6.42 Å². The quantitative estimate of drug-likeness (QED) is 0.834. The molecule has 1 aliphatic rings.